The number of amides is 2. The van der Waals surface area contributed by atoms with Gasteiger partial charge in [0.25, 0.3) is 0 Å². The van der Waals surface area contributed by atoms with Gasteiger partial charge in [0.2, 0.25) is 0 Å². The van der Waals surface area contributed by atoms with Crippen molar-refractivity contribution in [1.82, 2.24) is 10.6 Å². The average molecular weight is 497 g/mol. The Hall–Kier alpha value is -1.82. The molecule has 186 valence electrons. The highest BCUT2D eigenvalue weighted by Gasteiger charge is 2.28. The summed E-state index contributed by atoms with van der Waals surface area (Å²) >= 11 is 0. The van der Waals surface area contributed by atoms with Crippen molar-refractivity contribution in [2.24, 2.45) is 0 Å². The van der Waals surface area contributed by atoms with E-state index in [1.807, 2.05) is 0 Å². The summed E-state index contributed by atoms with van der Waals surface area (Å²) in [6.45, 7) is 13.9. The first-order valence-electron chi connectivity index (χ1n) is 10.2. The number of hydrogen-bond acceptors (Lipinski definition) is 10. The number of nitrogens with one attached hydrogen (secondary N) is 2. The first-order chi connectivity index (χ1) is 14.7. The maximum absolute atomic E-state index is 12.2. The van der Waals surface area contributed by atoms with Crippen LogP contribution in [0.1, 0.15) is 55.4 Å². The van der Waals surface area contributed by atoms with E-state index < -0.39 is 47.4 Å². The van der Waals surface area contributed by atoms with E-state index in [0.29, 0.717) is 0 Å². The SMILES string of the molecule is CCOC(=O)[C@H](CSSC[C@H](NC(=O)OC(C)(C)C)C(=O)OCC)NC(=O)OC(C)(C)C. The van der Waals surface area contributed by atoms with Gasteiger partial charge in [-0.3, -0.25) is 0 Å². The first kappa shape index (κ1) is 30.2. The van der Waals surface area contributed by atoms with Crippen molar-refractivity contribution < 1.29 is 38.1 Å². The predicted octanol–water partition coefficient (Wildman–Crippen LogP) is 3.28. The Balaban J connectivity index is 4.90. The molecule has 0 spiro atoms. The second kappa shape index (κ2) is 14.4. The van der Waals surface area contributed by atoms with Crippen LogP contribution in [-0.2, 0) is 28.5 Å². The third-order valence-electron chi connectivity index (χ3n) is 3.08. The van der Waals surface area contributed by atoms with E-state index in [-0.39, 0.29) is 24.7 Å². The molecule has 2 amide bonds. The summed E-state index contributed by atoms with van der Waals surface area (Å²) in [5.41, 5.74) is -1.43. The van der Waals surface area contributed by atoms with Crippen LogP contribution in [0.2, 0.25) is 0 Å². The zero-order valence-electron chi connectivity index (χ0n) is 20.1. The van der Waals surface area contributed by atoms with Crippen LogP contribution >= 0.6 is 21.6 Å². The topological polar surface area (TPSA) is 129 Å². The maximum atomic E-state index is 12.2. The molecular formula is C20H36N2O8S2. The first-order valence-corrected chi connectivity index (χ1v) is 12.7. The van der Waals surface area contributed by atoms with E-state index >= 15 is 0 Å². The van der Waals surface area contributed by atoms with Crippen LogP contribution in [-0.4, -0.2) is 72.1 Å². The second-order valence-electron chi connectivity index (χ2n) is 8.47. The van der Waals surface area contributed by atoms with Crippen LogP contribution in [0.4, 0.5) is 9.59 Å². The molecule has 0 aliphatic rings. The van der Waals surface area contributed by atoms with E-state index in [9.17, 15) is 19.2 Å². The summed E-state index contributed by atoms with van der Waals surface area (Å²) in [5.74, 6) is -0.879. The Bertz CT molecular complexity index is 578. The van der Waals surface area contributed by atoms with Crippen molar-refractivity contribution in [3.8, 4) is 0 Å². The van der Waals surface area contributed by atoms with Crippen molar-refractivity contribution in [3.63, 3.8) is 0 Å². The zero-order valence-corrected chi connectivity index (χ0v) is 21.7. The predicted molar refractivity (Wildman–Crippen MR) is 124 cm³/mol. The quantitative estimate of drug-likeness (QED) is 0.190. The van der Waals surface area contributed by atoms with Gasteiger partial charge in [-0.1, -0.05) is 21.6 Å². The molecule has 0 rings (SSSR count). The number of rotatable bonds is 11. The Morgan fingerprint density at radius 2 is 1.00 bits per heavy atom. The lowest BCUT2D eigenvalue weighted by Gasteiger charge is -2.23. The number of carbonyl (C=O) groups excluding carboxylic acids is 4. The molecule has 0 aliphatic heterocycles. The molecule has 0 unspecified atom stereocenters. The molecule has 0 aromatic carbocycles. The lowest BCUT2D eigenvalue weighted by Crippen LogP contribution is -2.46. The van der Waals surface area contributed by atoms with Gasteiger partial charge in [-0.25, -0.2) is 19.2 Å². The van der Waals surface area contributed by atoms with Gasteiger partial charge >= 0.3 is 24.1 Å². The van der Waals surface area contributed by atoms with Crippen LogP contribution in [0.15, 0.2) is 0 Å². The summed E-state index contributed by atoms with van der Waals surface area (Å²) < 4.78 is 20.4. The molecule has 0 saturated carbocycles. The number of ether oxygens (including phenoxy) is 4. The molecule has 0 fully saturated rings. The van der Waals surface area contributed by atoms with E-state index in [2.05, 4.69) is 10.6 Å². The number of carbonyl (C=O) groups is 4. The van der Waals surface area contributed by atoms with Gasteiger partial charge in [0.1, 0.15) is 23.3 Å². The van der Waals surface area contributed by atoms with Crippen LogP contribution < -0.4 is 10.6 Å². The van der Waals surface area contributed by atoms with E-state index in [1.54, 1.807) is 55.4 Å². The second-order valence-corrected chi connectivity index (χ2v) is 11.0. The van der Waals surface area contributed by atoms with Crippen LogP contribution in [0, 0.1) is 0 Å². The summed E-state index contributed by atoms with van der Waals surface area (Å²) in [6.07, 6.45) is -1.48. The highest BCUT2D eigenvalue weighted by molar-refractivity contribution is 8.76. The average Bonchev–Trinajstić information content (AvgIpc) is 2.60. The highest BCUT2D eigenvalue weighted by Crippen LogP contribution is 2.24. The molecule has 32 heavy (non-hydrogen) atoms. The van der Waals surface area contributed by atoms with Gasteiger partial charge in [-0.05, 0) is 55.4 Å². The molecule has 12 heteroatoms. The zero-order chi connectivity index (χ0) is 24.9. The van der Waals surface area contributed by atoms with Crippen molar-refractivity contribution in [2.75, 3.05) is 24.7 Å². The molecule has 2 atom stereocenters. The summed E-state index contributed by atoms with van der Waals surface area (Å²) in [7, 11) is 2.45. The smallest absolute Gasteiger partial charge is 0.408 e. The fourth-order valence-corrected chi connectivity index (χ4v) is 4.25. The molecule has 0 bridgehead atoms. The van der Waals surface area contributed by atoms with Crippen molar-refractivity contribution in [3.05, 3.63) is 0 Å². The minimum atomic E-state index is -0.942. The number of esters is 2. The fraction of sp³-hybridized carbons (Fsp3) is 0.800. The van der Waals surface area contributed by atoms with Crippen LogP contribution in [0.25, 0.3) is 0 Å². The number of alkyl carbamates (subject to hydrolysis) is 2. The molecule has 0 aliphatic carbocycles. The Labute approximate surface area is 198 Å². The van der Waals surface area contributed by atoms with E-state index in [4.69, 9.17) is 18.9 Å². The van der Waals surface area contributed by atoms with Crippen LogP contribution in [0.3, 0.4) is 0 Å². The van der Waals surface area contributed by atoms with Gasteiger partial charge in [-0.2, -0.15) is 0 Å². The Morgan fingerprint density at radius 1 is 0.688 bits per heavy atom. The maximum Gasteiger partial charge on any atom is 0.408 e. The summed E-state index contributed by atoms with van der Waals surface area (Å²) in [5, 5.41) is 4.99. The summed E-state index contributed by atoms with van der Waals surface area (Å²) in [6, 6.07) is -1.88. The molecule has 0 radical (unpaired) electrons. The standard InChI is InChI=1S/C20H36N2O8S2/c1-9-27-15(23)13(21-17(25)29-19(3,4)5)11-31-32-12-14(16(24)28-10-2)22-18(26)30-20(6,7)8/h13-14H,9-12H2,1-8H3,(H,21,25)(H,22,26)/t13-,14-/m0/s1. The highest BCUT2D eigenvalue weighted by atomic mass is 33.1. The molecule has 0 heterocycles. The number of hydrogen-bond donors (Lipinski definition) is 2. The molecule has 10 nitrogen and oxygen atoms in total. The molecule has 0 aromatic rings. The molecule has 0 aromatic heterocycles. The minimum absolute atomic E-state index is 0.157. The lowest BCUT2D eigenvalue weighted by atomic mass is 10.2. The van der Waals surface area contributed by atoms with Gasteiger partial charge < -0.3 is 29.6 Å². The molecule has 2 N–H and O–H groups in total. The molecule has 0 saturated heterocycles. The fourth-order valence-electron chi connectivity index (χ4n) is 1.95. The third kappa shape index (κ3) is 15.1. The minimum Gasteiger partial charge on any atom is -0.464 e. The van der Waals surface area contributed by atoms with E-state index in [1.165, 1.54) is 21.6 Å². The summed E-state index contributed by atoms with van der Waals surface area (Å²) in [4.78, 5) is 48.4. The largest absolute Gasteiger partial charge is 0.464 e. The Morgan fingerprint density at radius 3 is 1.25 bits per heavy atom. The normalized spacial score (nSPS) is 13.4. The van der Waals surface area contributed by atoms with Crippen LogP contribution in [0.5, 0.6) is 0 Å². The van der Waals surface area contributed by atoms with Crippen molar-refractivity contribution in [2.45, 2.75) is 78.7 Å². The molecular weight excluding hydrogens is 460 g/mol. The van der Waals surface area contributed by atoms with E-state index in [0.717, 1.165) is 0 Å². The van der Waals surface area contributed by atoms with Gasteiger partial charge in [0, 0.05) is 11.5 Å². The van der Waals surface area contributed by atoms with Gasteiger partial charge in [0.05, 0.1) is 13.2 Å². The van der Waals surface area contributed by atoms with Crippen molar-refractivity contribution in [1.29, 1.82) is 0 Å². The van der Waals surface area contributed by atoms with Gasteiger partial charge in [0.15, 0.2) is 0 Å². The lowest BCUT2D eigenvalue weighted by molar-refractivity contribution is -0.145. The van der Waals surface area contributed by atoms with Gasteiger partial charge in [-0.15, -0.1) is 0 Å². The monoisotopic (exact) mass is 496 g/mol. The van der Waals surface area contributed by atoms with Crippen molar-refractivity contribution >= 4 is 45.7 Å². The third-order valence-corrected chi connectivity index (χ3v) is 5.50. The Kier molecular flexibility index (Phi) is 13.5.